The van der Waals surface area contributed by atoms with Crippen molar-refractivity contribution in [2.24, 2.45) is 5.92 Å². The van der Waals surface area contributed by atoms with Crippen LogP contribution in [0.3, 0.4) is 0 Å². The minimum atomic E-state index is -0.559. The van der Waals surface area contributed by atoms with Gasteiger partial charge in [-0.2, -0.15) is 0 Å². The fraction of sp³-hybridized carbons (Fsp3) is 0.833. The van der Waals surface area contributed by atoms with Crippen LogP contribution in [0.2, 0.25) is 0 Å². The summed E-state index contributed by atoms with van der Waals surface area (Å²) in [6.45, 7) is 5.67. The van der Waals surface area contributed by atoms with E-state index in [1.807, 2.05) is 6.92 Å². The molecule has 1 amide bonds. The Balaban J connectivity index is 2.31. The van der Waals surface area contributed by atoms with Crippen molar-refractivity contribution in [3.8, 4) is 0 Å². The molecule has 0 saturated carbocycles. The number of carbonyl (C=O) groups excluding carboxylic acids is 2. The number of hydrogen-bond donors (Lipinski definition) is 2. The number of hydrogen-bond acceptors (Lipinski definition) is 4. The summed E-state index contributed by atoms with van der Waals surface area (Å²) in [7, 11) is 0. The second-order valence-electron chi connectivity index (χ2n) is 4.44. The zero-order valence-electron chi connectivity index (χ0n) is 10.6. The van der Waals surface area contributed by atoms with Crippen LogP contribution >= 0.6 is 0 Å². The summed E-state index contributed by atoms with van der Waals surface area (Å²) in [5.74, 6) is -0.438. The van der Waals surface area contributed by atoms with E-state index < -0.39 is 6.04 Å². The number of ether oxygens (including phenoxy) is 1. The van der Waals surface area contributed by atoms with Crippen LogP contribution in [0.15, 0.2) is 0 Å². The Labute approximate surface area is 102 Å². The SMILES string of the molecule is CCCOC(=O)[C@H](C)NC(=O)C1CCCNC1. The van der Waals surface area contributed by atoms with Gasteiger partial charge in [0.2, 0.25) is 5.91 Å². The lowest BCUT2D eigenvalue weighted by atomic mass is 9.98. The molecule has 0 aromatic carbocycles. The van der Waals surface area contributed by atoms with Gasteiger partial charge in [0.05, 0.1) is 12.5 Å². The van der Waals surface area contributed by atoms with Crippen molar-refractivity contribution in [1.82, 2.24) is 10.6 Å². The second-order valence-corrected chi connectivity index (χ2v) is 4.44. The molecule has 0 aromatic heterocycles. The van der Waals surface area contributed by atoms with E-state index in [1.54, 1.807) is 6.92 Å². The lowest BCUT2D eigenvalue weighted by molar-refractivity contribution is -0.147. The van der Waals surface area contributed by atoms with Gasteiger partial charge in [-0.3, -0.25) is 4.79 Å². The van der Waals surface area contributed by atoms with E-state index in [2.05, 4.69) is 10.6 Å². The highest BCUT2D eigenvalue weighted by molar-refractivity contribution is 5.85. The minimum absolute atomic E-state index is 0.0230. The molecule has 1 aliphatic heterocycles. The Morgan fingerprint density at radius 2 is 2.29 bits per heavy atom. The van der Waals surface area contributed by atoms with Crippen molar-refractivity contribution in [2.75, 3.05) is 19.7 Å². The third kappa shape index (κ3) is 4.73. The number of nitrogens with one attached hydrogen (secondary N) is 2. The Hall–Kier alpha value is -1.10. The summed E-state index contributed by atoms with van der Waals surface area (Å²) >= 11 is 0. The number of amides is 1. The molecular formula is C12H22N2O3. The average molecular weight is 242 g/mol. The van der Waals surface area contributed by atoms with Crippen molar-refractivity contribution in [3.05, 3.63) is 0 Å². The van der Waals surface area contributed by atoms with Gasteiger partial charge in [-0.05, 0) is 32.7 Å². The fourth-order valence-corrected chi connectivity index (χ4v) is 1.79. The van der Waals surface area contributed by atoms with E-state index in [0.717, 1.165) is 25.8 Å². The predicted octanol–water partition coefficient (Wildman–Crippen LogP) is 0.444. The molecule has 5 nitrogen and oxygen atoms in total. The van der Waals surface area contributed by atoms with E-state index in [-0.39, 0.29) is 17.8 Å². The molecule has 1 heterocycles. The summed E-state index contributed by atoms with van der Waals surface area (Å²) in [4.78, 5) is 23.3. The third-order valence-electron chi connectivity index (χ3n) is 2.83. The van der Waals surface area contributed by atoms with Gasteiger partial charge in [0, 0.05) is 6.54 Å². The van der Waals surface area contributed by atoms with Crippen LogP contribution < -0.4 is 10.6 Å². The summed E-state index contributed by atoms with van der Waals surface area (Å²) < 4.78 is 4.97. The highest BCUT2D eigenvalue weighted by atomic mass is 16.5. The molecule has 5 heteroatoms. The zero-order valence-corrected chi connectivity index (χ0v) is 10.6. The summed E-state index contributed by atoms with van der Waals surface area (Å²) in [5.41, 5.74) is 0. The Morgan fingerprint density at radius 3 is 2.88 bits per heavy atom. The van der Waals surface area contributed by atoms with Gasteiger partial charge in [-0.15, -0.1) is 0 Å². The standard InChI is InChI=1S/C12H22N2O3/c1-3-7-17-12(16)9(2)14-11(15)10-5-4-6-13-8-10/h9-10,13H,3-8H2,1-2H3,(H,14,15)/t9-,10?/m0/s1. The average Bonchev–Trinajstić information content (AvgIpc) is 2.36. The summed E-state index contributed by atoms with van der Waals surface area (Å²) in [5, 5.41) is 5.88. The molecule has 1 unspecified atom stereocenters. The van der Waals surface area contributed by atoms with Gasteiger partial charge in [0.25, 0.3) is 0 Å². The topological polar surface area (TPSA) is 67.4 Å². The number of rotatable bonds is 5. The van der Waals surface area contributed by atoms with Crippen LogP contribution in [0.25, 0.3) is 0 Å². The maximum absolute atomic E-state index is 11.8. The smallest absolute Gasteiger partial charge is 0.328 e. The van der Waals surface area contributed by atoms with Crippen LogP contribution in [0.1, 0.15) is 33.1 Å². The molecule has 1 saturated heterocycles. The number of carbonyl (C=O) groups is 2. The van der Waals surface area contributed by atoms with E-state index in [0.29, 0.717) is 13.2 Å². The van der Waals surface area contributed by atoms with Gasteiger partial charge in [-0.25, -0.2) is 4.79 Å². The van der Waals surface area contributed by atoms with Gasteiger partial charge in [-0.1, -0.05) is 6.92 Å². The largest absolute Gasteiger partial charge is 0.464 e. The Bertz CT molecular complexity index is 262. The summed E-state index contributed by atoms with van der Waals surface area (Å²) in [6, 6.07) is -0.559. The molecule has 0 aliphatic carbocycles. The van der Waals surface area contributed by atoms with Crippen molar-refractivity contribution in [1.29, 1.82) is 0 Å². The maximum Gasteiger partial charge on any atom is 0.328 e. The van der Waals surface area contributed by atoms with E-state index in [9.17, 15) is 9.59 Å². The number of esters is 1. The maximum atomic E-state index is 11.8. The van der Waals surface area contributed by atoms with Crippen molar-refractivity contribution in [3.63, 3.8) is 0 Å². The van der Waals surface area contributed by atoms with Crippen LogP contribution in [0, 0.1) is 5.92 Å². The molecular weight excluding hydrogens is 220 g/mol. The first kappa shape index (κ1) is 14.0. The Morgan fingerprint density at radius 1 is 1.53 bits per heavy atom. The van der Waals surface area contributed by atoms with E-state index in [4.69, 9.17) is 4.74 Å². The molecule has 1 aliphatic rings. The lowest BCUT2D eigenvalue weighted by Gasteiger charge is -2.23. The molecule has 0 spiro atoms. The van der Waals surface area contributed by atoms with Crippen LogP contribution in [0.5, 0.6) is 0 Å². The molecule has 0 bridgehead atoms. The molecule has 1 rings (SSSR count). The first-order valence-corrected chi connectivity index (χ1v) is 6.33. The van der Waals surface area contributed by atoms with Gasteiger partial charge in [0.15, 0.2) is 0 Å². The molecule has 1 fully saturated rings. The normalized spacial score (nSPS) is 21.6. The molecule has 0 aromatic rings. The zero-order chi connectivity index (χ0) is 12.7. The van der Waals surface area contributed by atoms with Crippen LogP contribution in [-0.4, -0.2) is 37.6 Å². The molecule has 2 N–H and O–H groups in total. The van der Waals surface area contributed by atoms with Gasteiger partial charge < -0.3 is 15.4 Å². The van der Waals surface area contributed by atoms with Crippen molar-refractivity contribution in [2.45, 2.75) is 39.2 Å². The monoisotopic (exact) mass is 242 g/mol. The van der Waals surface area contributed by atoms with Gasteiger partial charge >= 0.3 is 5.97 Å². The fourth-order valence-electron chi connectivity index (χ4n) is 1.79. The number of piperidine rings is 1. The molecule has 17 heavy (non-hydrogen) atoms. The predicted molar refractivity (Wildman–Crippen MR) is 64.4 cm³/mol. The first-order chi connectivity index (χ1) is 8.15. The highest BCUT2D eigenvalue weighted by Gasteiger charge is 2.24. The quantitative estimate of drug-likeness (QED) is 0.687. The van der Waals surface area contributed by atoms with Crippen molar-refractivity contribution < 1.29 is 14.3 Å². The van der Waals surface area contributed by atoms with Gasteiger partial charge in [0.1, 0.15) is 6.04 Å². The lowest BCUT2D eigenvalue weighted by Crippen LogP contribution is -2.46. The third-order valence-corrected chi connectivity index (χ3v) is 2.83. The highest BCUT2D eigenvalue weighted by Crippen LogP contribution is 2.10. The molecule has 98 valence electrons. The van der Waals surface area contributed by atoms with Crippen LogP contribution in [-0.2, 0) is 14.3 Å². The molecule has 2 atom stereocenters. The summed E-state index contributed by atoms with van der Waals surface area (Å²) in [6.07, 6.45) is 2.68. The van der Waals surface area contributed by atoms with E-state index in [1.165, 1.54) is 0 Å². The molecule has 0 radical (unpaired) electrons. The van der Waals surface area contributed by atoms with E-state index >= 15 is 0 Å². The van der Waals surface area contributed by atoms with Crippen molar-refractivity contribution >= 4 is 11.9 Å². The second kappa shape index (κ2) is 7.27. The minimum Gasteiger partial charge on any atom is -0.464 e. The Kier molecular flexibility index (Phi) is 5.97. The first-order valence-electron chi connectivity index (χ1n) is 6.33. The van der Waals surface area contributed by atoms with Crippen LogP contribution in [0.4, 0.5) is 0 Å².